The van der Waals surface area contributed by atoms with Gasteiger partial charge in [-0.15, -0.1) is 0 Å². The van der Waals surface area contributed by atoms with Crippen molar-refractivity contribution in [1.29, 1.82) is 0 Å². The summed E-state index contributed by atoms with van der Waals surface area (Å²) < 4.78 is 4.49. The first-order valence-corrected chi connectivity index (χ1v) is 9.44. The first-order chi connectivity index (χ1) is 13.8. The van der Waals surface area contributed by atoms with Crippen LogP contribution in [0.15, 0.2) is 0 Å². The highest BCUT2D eigenvalue weighted by molar-refractivity contribution is 5.72. The molecule has 0 bridgehead atoms. The molecule has 0 fully saturated rings. The molecule has 11 heteroatoms. The van der Waals surface area contributed by atoms with Gasteiger partial charge >= 0.3 is 11.9 Å². The molecule has 0 aliphatic heterocycles. The normalized spacial score (nSPS) is 12.6. The minimum Gasteiger partial charge on any atom is -0.481 e. The summed E-state index contributed by atoms with van der Waals surface area (Å²) >= 11 is 0. The Hall–Kier alpha value is -1.34. The van der Waals surface area contributed by atoms with E-state index < -0.39 is 23.8 Å². The fraction of sp³-hybridized carbons (Fsp3) is 0.895. The summed E-state index contributed by atoms with van der Waals surface area (Å²) in [6.45, 7) is 6.89. The first kappa shape index (κ1) is 42.7. The van der Waals surface area contributed by atoms with Crippen LogP contribution >= 0.6 is 0 Å². The molecule has 0 aromatic heterocycles. The number of carboxylic acid groups (broad SMARTS) is 1. The molecule has 0 heterocycles. The van der Waals surface area contributed by atoms with Crippen molar-refractivity contribution in [2.45, 2.75) is 40.5 Å². The first-order valence-electron chi connectivity index (χ1n) is 9.44. The molecule has 0 aromatic carbocycles. The lowest BCUT2D eigenvalue weighted by molar-refractivity contribution is -0.149. The molecule has 0 amide bonds. The number of carbonyl (C=O) groups excluding carboxylic acids is 1. The Morgan fingerprint density at radius 1 is 0.800 bits per heavy atom. The molecule has 0 unspecified atom stereocenters. The molecule has 192 valence electrons. The summed E-state index contributed by atoms with van der Waals surface area (Å²) in [4.78, 5) is 21.4. The van der Waals surface area contributed by atoms with Gasteiger partial charge in [-0.25, -0.2) is 0 Å². The number of carboxylic acids is 1. The lowest BCUT2D eigenvalue weighted by Crippen LogP contribution is -2.27. The van der Waals surface area contributed by atoms with E-state index in [0.29, 0.717) is 12.8 Å². The number of carbonyl (C=O) groups is 2. The summed E-state index contributed by atoms with van der Waals surface area (Å²) in [5.41, 5.74) is 0. The van der Waals surface area contributed by atoms with Gasteiger partial charge in [0, 0.05) is 30.3 Å². The van der Waals surface area contributed by atoms with Crippen LogP contribution in [0, 0.1) is 23.7 Å². The van der Waals surface area contributed by atoms with Gasteiger partial charge in [0.2, 0.25) is 0 Å². The van der Waals surface area contributed by atoms with E-state index in [1.54, 1.807) is 13.8 Å². The van der Waals surface area contributed by atoms with Gasteiger partial charge in [0.15, 0.2) is 0 Å². The summed E-state index contributed by atoms with van der Waals surface area (Å²) in [7, 11) is 3.29. The second-order valence-corrected chi connectivity index (χ2v) is 5.42. The Morgan fingerprint density at radius 3 is 1.30 bits per heavy atom. The van der Waals surface area contributed by atoms with Gasteiger partial charge in [0.1, 0.15) is 0 Å². The zero-order valence-corrected chi connectivity index (χ0v) is 19.4. The molecule has 0 aliphatic rings. The molecule has 11 nitrogen and oxygen atoms in total. The Bertz CT molecular complexity index is 338. The Labute approximate surface area is 183 Å². The standard InChI is InChI=1S/C8H16O4.C7H14O4.C2H6.2CH4O.H2O.2H2/c1-6(3-4-9)7(5-10)8(11)12-2;1-5(2-3-8)6(4-9)7(10)11;3*1-2;;;/h6-7,9-10H,3-5H2,1-2H3;5-6,8-9H,2-4H2,1H3,(H,10,11);1-2H3;2*2H,1H3;1H2;2*1H/t6-,7+;5-,6+;;;;;;/m11....../s1. The maximum Gasteiger partial charge on any atom is 0.311 e. The third-order valence-electron chi connectivity index (χ3n) is 3.76. The molecule has 0 saturated heterocycles. The molecular formula is C19H50O11. The van der Waals surface area contributed by atoms with Gasteiger partial charge in [-0.3, -0.25) is 9.59 Å². The fourth-order valence-corrected chi connectivity index (χ4v) is 1.95. The number of aliphatic hydroxyl groups is 6. The molecule has 0 radical (unpaired) electrons. The van der Waals surface area contributed by atoms with Crippen LogP contribution in [0.4, 0.5) is 0 Å². The van der Waals surface area contributed by atoms with E-state index >= 15 is 0 Å². The Balaban J connectivity index is -0.0000000450. The van der Waals surface area contributed by atoms with E-state index in [0.717, 1.165) is 14.2 Å². The molecule has 9 N–H and O–H groups in total. The van der Waals surface area contributed by atoms with Crippen molar-refractivity contribution in [3.63, 3.8) is 0 Å². The van der Waals surface area contributed by atoms with E-state index in [-0.39, 0.29) is 46.6 Å². The predicted molar refractivity (Wildman–Crippen MR) is 118 cm³/mol. The van der Waals surface area contributed by atoms with Crippen LogP contribution in [0.3, 0.4) is 0 Å². The average molecular weight is 455 g/mol. The third kappa shape index (κ3) is 24.7. The zero-order chi connectivity index (χ0) is 24.4. The van der Waals surface area contributed by atoms with Crippen LogP contribution in [0.25, 0.3) is 0 Å². The molecule has 0 rings (SSSR count). The lowest BCUT2D eigenvalue weighted by atomic mass is 9.92. The summed E-state index contributed by atoms with van der Waals surface area (Å²) in [6, 6.07) is 0. The van der Waals surface area contributed by atoms with Crippen LogP contribution < -0.4 is 0 Å². The number of rotatable bonds is 10. The molecule has 4 atom stereocenters. The quantitative estimate of drug-likeness (QED) is 0.208. The lowest BCUT2D eigenvalue weighted by Gasteiger charge is -2.18. The van der Waals surface area contributed by atoms with Crippen LogP contribution in [0.1, 0.15) is 43.4 Å². The van der Waals surface area contributed by atoms with Gasteiger partial charge in [-0.2, -0.15) is 0 Å². The number of methoxy groups -OCH3 is 1. The summed E-state index contributed by atoms with van der Waals surface area (Å²) in [5.74, 6) is -2.91. The maximum atomic E-state index is 11.0. The highest BCUT2D eigenvalue weighted by Crippen LogP contribution is 2.16. The number of aliphatic carboxylic acids is 1. The number of hydrogen-bond donors (Lipinski definition) is 7. The molecule has 0 saturated carbocycles. The summed E-state index contributed by atoms with van der Waals surface area (Å²) in [6.07, 6.45) is 0.915. The van der Waals surface area contributed by atoms with Gasteiger partial charge in [-0.1, -0.05) is 27.7 Å². The maximum absolute atomic E-state index is 11.0. The number of ether oxygens (including phenoxy) is 1. The van der Waals surface area contributed by atoms with Crippen molar-refractivity contribution in [3.05, 3.63) is 0 Å². The second-order valence-electron chi connectivity index (χ2n) is 5.42. The van der Waals surface area contributed by atoms with Gasteiger partial charge in [-0.05, 0) is 24.7 Å². The topological polar surface area (TPSA) is 216 Å². The minimum absolute atomic E-state index is 0. The molecule has 0 spiro atoms. The molecule has 30 heavy (non-hydrogen) atoms. The number of hydrogen-bond acceptors (Lipinski definition) is 9. The molecule has 0 aliphatic carbocycles. The van der Waals surface area contributed by atoms with Crippen molar-refractivity contribution in [3.8, 4) is 0 Å². The predicted octanol–water partition coefficient (Wildman–Crippen LogP) is -0.605. The fourth-order valence-electron chi connectivity index (χ4n) is 1.95. The molecule has 0 aromatic rings. The van der Waals surface area contributed by atoms with E-state index in [1.165, 1.54) is 7.11 Å². The van der Waals surface area contributed by atoms with E-state index in [9.17, 15) is 9.59 Å². The SMILES string of the molecule is CC.CO.CO.COC(=O)[C@@H](CO)[C@H](C)CCO.C[C@H](CCO)[C@H](CO)C(=O)O.O.[HH].[HH]. The average Bonchev–Trinajstić information content (AvgIpc) is 2.74. The third-order valence-corrected chi connectivity index (χ3v) is 3.76. The Kier molecular flexibility index (Phi) is 50.0. The van der Waals surface area contributed by atoms with Crippen molar-refractivity contribution < 1.29 is 58.4 Å². The van der Waals surface area contributed by atoms with Crippen molar-refractivity contribution in [2.75, 3.05) is 47.8 Å². The van der Waals surface area contributed by atoms with Gasteiger partial charge < -0.3 is 46.0 Å². The highest BCUT2D eigenvalue weighted by Gasteiger charge is 2.24. The van der Waals surface area contributed by atoms with E-state index in [4.69, 9.17) is 35.7 Å². The summed E-state index contributed by atoms with van der Waals surface area (Å²) in [5, 5.41) is 57.1. The van der Waals surface area contributed by atoms with Crippen molar-refractivity contribution in [1.82, 2.24) is 0 Å². The number of esters is 1. The number of aliphatic hydroxyl groups excluding tert-OH is 6. The highest BCUT2D eigenvalue weighted by atomic mass is 16.5. The van der Waals surface area contributed by atoms with Crippen molar-refractivity contribution in [2.24, 2.45) is 23.7 Å². The Morgan fingerprint density at radius 2 is 1.10 bits per heavy atom. The second kappa shape index (κ2) is 35.1. The van der Waals surface area contributed by atoms with Crippen molar-refractivity contribution >= 4 is 11.9 Å². The monoisotopic (exact) mass is 454 g/mol. The zero-order valence-electron chi connectivity index (χ0n) is 19.4. The minimum atomic E-state index is -1.01. The van der Waals surface area contributed by atoms with E-state index in [2.05, 4.69) is 4.74 Å². The van der Waals surface area contributed by atoms with Crippen LogP contribution in [0.5, 0.6) is 0 Å². The van der Waals surface area contributed by atoms with Gasteiger partial charge in [0.05, 0.1) is 32.2 Å². The van der Waals surface area contributed by atoms with Crippen LogP contribution in [-0.4, -0.2) is 101 Å². The van der Waals surface area contributed by atoms with Gasteiger partial charge in [0.25, 0.3) is 0 Å². The van der Waals surface area contributed by atoms with E-state index in [1.807, 2.05) is 13.8 Å². The van der Waals surface area contributed by atoms with Crippen LogP contribution in [0.2, 0.25) is 0 Å². The van der Waals surface area contributed by atoms with Crippen LogP contribution in [-0.2, 0) is 14.3 Å². The smallest absolute Gasteiger partial charge is 0.311 e. The largest absolute Gasteiger partial charge is 0.481 e. The molecular weight excluding hydrogens is 404 g/mol.